The second-order valence-corrected chi connectivity index (χ2v) is 6.18. The Bertz CT molecular complexity index is 93.9. The van der Waals surface area contributed by atoms with Crippen LogP contribution in [0.3, 0.4) is 0 Å². The minimum atomic E-state index is 1.25. The van der Waals surface area contributed by atoms with Crippen LogP contribution < -0.4 is 0 Å². The third kappa shape index (κ3) is 8.67. The molecular weight excluding hydrogens is 291 g/mol. The number of benzene rings is 1. The molecule has 3 heteroatoms. The Hall–Kier alpha value is 0.674. The molecule has 0 fully saturated rings. The molecule has 0 atom stereocenters. The molecule has 0 nitrogen and oxygen atoms in total. The van der Waals surface area contributed by atoms with E-state index >= 15 is 0 Å². The molecule has 0 bridgehead atoms. The Balaban J connectivity index is 0.000000187. The van der Waals surface area contributed by atoms with Gasteiger partial charge in [-0.2, -0.15) is 0 Å². The fourth-order valence-electron chi connectivity index (χ4n) is 0.385. The van der Waals surface area contributed by atoms with Crippen LogP contribution in [0.4, 0.5) is 0 Å². The average molecular weight is 297 g/mol. The van der Waals surface area contributed by atoms with Crippen molar-refractivity contribution >= 4 is 28.5 Å². The maximum absolute atomic E-state index is 3.00. The molecular formula is C6H6Br2Ni. The van der Waals surface area contributed by atoms with Gasteiger partial charge in [-0.05, 0) is 0 Å². The first-order valence-electron chi connectivity index (χ1n) is 2.24. The summed E-state index contributed by atoms with van der Waals surface area (Å²) in [5, 5.41) is 0. The van der Waals surface area contributed by atoms with Crippen LogP contribution in [0.1, 0.15) is 0 Å². The fraction of sp³-hybridized carbons (Fsp3) is 0. The summed E-state index contributed by atoms with van der Waals surface area (Å²) in [6.07, 6.45) is 0. The predicted octanol–water partition coefficient (Wildman–Crippen LogP) is 3.38. The Morgan fingerprint density at radius 1 is 0.667 bits per heavy atom. The first-order chi connectivity index (χ1) is 4.41. The molecule has 0 unspecified atom stereocenters. The summed E-state index contributed by atoms with van der Waals surface area (Å²) in [4.78, 5) is 0. The van der Waals surface area contributed by atoms with E-state index in [0.717, 1.165) is 0 Å². The molecule has 0 N–H and O–H groups in total. The summed E-state index contributed by atoms with van der Waals surface area (Å²) in [7, 11) is 1.25. The van der Waals surface area contributed by atoms with E-state index in [1.54, 1.807) is 0 Å². The fourth-order valence-corrected chi connectivity index (χ4v) is 0.385. The van der Waals surface area contributed by atoms with E-state index < -0.39 is 0 Å². The van der Waals surface area contributed by atoms with Crippen molar-refractivity contribution in [1.29, 1.82) is 0 Å². The third-order valence-electron chi connectivity index (χ3n) is 0.667. The number of hydrogen-bond donors (Lipinski definition) is 0. The zero-order valence-electron chi connectivity index (χ0n) is 4.54. The van der Waals surface area contributed by atoms with Crippen molar-refractivity contribution in [1.82, 2.24) is 0 Å². The van der Waals surface area contributed by atoms with Gasteiger partial charge in [-0.3, -0.25) is 0 Å². The van der Waals surface area contributed by atoms with Gasteiger partial charge < -0.3 is 0 Å². The van der Waals surface area contributed by atoms with Crippen molar-refractivity contribution in [3.05, 3.63) is 36.4 Å². The summed E-state index contributed by atoms with van der Waals surface area (Å²) in [5.41, 5.74) is 0. The van der Waals surface area contributed by atoms with E-state index in [0.29, 0.717) is 0 Å². The molecule has 1 aromatic rings. The van der Waals surface area contributed by atoms with Crippen molar-refractivity contribution in [2.75, 3.05) is 0 Å². The van der Waals surface area contributed by atoms with E-state index in [2.05, 4.69) is 28.5 Å². The van der Waals surface area contributed by atoms with E-state index in [4.69, 9.17) is 0 Å². The van der Waals surface area contributed by atoms with Crippen LogP contribution in [-0.4, -0.2) is 0 Å². The Kier molecular flexibility index (Phi) is 9.32. The summed E-state index contributed by atoms with van der Waals surface area (Å²) in [5.74, 6) is 0. The van der Waals surface area contributed by atoms with Gasteiger partial charge in [0.15, 0.2) is 0 Å². The monoisotopic (exact) mass is 294 g/mol. The zero-order chi connectivity index (χ0) is 6.95. The third-order valence-corrected chi connectivity index (χ3v) is 0.667. The van der Waals surface area contributed by atoms with Gasteiger partial charge in [-0.1, -0.05) is 36.4 Å². The molecule has 0 heterocycles. The Morgan fingerprint density at radius 2 is 0.778 bits per heavy atom. The van der Waals surface area contributed by atoms with Gasteiger partial charge in [-0.25, -0.2) is 0 Å². The molecule has 0 saturated heterocycles. The van der Waals surface area contributed by atoms with Gasteiger partial charge in [0.25, 0.3) is 0 Å². The van der Waals surface area contributed by atoms with Crippen molar-refractivity contribution < 1.29 is 10.9 Å². The van der Waals surface area contributed by atoms with Crippen LogP contribution >= 0.6 is 28.5 Å². The summed E-state index contributed by atoms with van der Waals surface area (Å²) < 4.78 is 0. The van der Waals surface area contributed by atoms with Gasteiger partial charge in [0.05, 0.1) is 0 Å². The second-order valence-electron chi connectivity index (χ2n) is 1.20. The van der Waals surface area contributed by atoms with E-state index in [1.165, 1.54) is 10.9 Å². The van der Waals surface area contributed by atoms with E-state index in [1.807, 2.05) is 36.4 Å². The molecule has 9 heavy (non-hydrogen) atoms. The molecule has 54 valence electrons. The SMILES string of the molecule is [Br][Ni][Br].c1ccccc1. The summed E-state index contributed by atoms with van der Waals surface area (Å²) in [6, 6.07) is 12.0. The van der Waals surface area contributed by atoms with Crippen molar-refractivity contribution in [2.24, 2.45) is 0 Å². The van der Waals surface area contributed by atoms with Gasteiger partial charge >= 0.3 is 39.3 Å². The van der Waals surface area contributed by atoms with Gasteiger partial charge in [0.1, 0.15) is 0 Å². The predicted molar refractivity (Wildman–Crippen MR) is 44.3 cm³/mol. The van der Waals surface area contributed by atoms with Crippen LogP contribution in [0.2, 0.25) is 0 Å². The molecule has 0 radical (unpaired) electrons. The van der Waals surface area contributed by atoms with Crippen LogP contribution in [0.15, 0.2) is 36.4 Å². The Labute approximate surface area is 75.4 Å². The van der Waals surface area contributed by atoms with E-state index in [-0.39, 0.29) is 0 Å². The summed E-state index contributed by atoms with van der Waals surface area (Å²) >= 11 is 6.00. The van der Waals surface area contributed by atoms with Crippen LogP contribution in [0.5, 0.6) is 0 Å². The molecule has 1 rings (SSSR count). The minimum Gasteiger partial charge on any atom is -0.0623 e. The second kappa shape index (κ2) is 8.67. The Morgan fingerprint density at radius 3 is 0.889 bits per heavy atom. The smallest absolute Gasteiger partial charge is 0.0623 e. The van der Waals surface area contributed by atoms with Gasteiger partial charge in [0, 0.05) is 0 Å². The van der Waals surface area contributed by atoms with Crippen molar-refractivity contribution in [2.45, 2.75) is 0 Å². The summed E-state index contributed by atoms with van der Waals surface area (Å²) in [6.45, 7) is 0. The minimum absolute atomic E-state index is 1.25. The van der Waals surface area contributed by atoms with Crippen LogP contribution in [-0.2, 0) is 10.9 Å². The molecule has 0 aliphatic heterocycles. The van der Waals surface area contributed by atoms with Crippen LogP contribution in [0.25, 0.3) is 0 Å². The number of halogens is 2. The molecule has 0 amide bonds. The van der Waals surface area contributed by atoms with Crippen molar-refractivity contribution in [3.8, 4) is 0 Å². The first kappa shape index (κ1) is 9.67. The number of hydrogen-bond acceptors (Lipinski definition) is 0. The molecule has 1 aromatic carbocycles. The average Bonchev–Trinajstić information content (AvgIpc) is 1.93. The molecule has 0 aliphatic carbocycles. The number of rotatable bonds is 0. The van der Waals surface area contributed by atoms with Crippen LogP contribution in [0, 0.1) is 0 Å². The first-order valence-corrected chi connectivity index (χ1v) is 7.12. The largest absolute Gasteiger partial charge is 0.0623 e. The maximum atomic E-state index is 3.00. The van der Waals surface area contributed by atoms with Crippen molar-refractivity contribution in [3.63, 3.8) is 0 Å². The molecule has 0 aliphatic rings. The molecule has 0 saturated carbocycles. The quantitative estimate of drug-likeness (QED) is 0.644. The normalized spacial score (nSPS) is 7.78. The van der Waals surface area contributed by atoms with Gasteiger partial charge in [-0.15, -0.1) is 0 Å². The van der Waals surface area contributed by atoms with Gasteiger partial charge in [0.2, 0.25) is 0 Å². The topological polar surface area (TPSA) is 0 Å². The molecule has 0 spiro atoms. The standard InChI is InChI=1S/C6H6.2BrH.Ni/c1-2-4-6-5-3-1;;;/h1-6H;2*1H;/q;;;+2/p-2. The zero-order valence-corrected chi connectivity index (χ0v) is 8.70. The maximum Gasteiger partial charge on any atom is -0.0623 e. The molecule has 0 aromatic heterocycles. The van der Waals surface area contributed by atoms with E-state index in [9.17, 15) is 0 Å².